The summed E-state index contributed by atoms with van der Waals surface area (Å²) in [4.78, 5) is 10.4. The maximum absolute atomic E-state index is 10.4. The molecule has 2 aromatic rings. The number of hydrogen-bond donors (Lipinski definition) is 0. The van der Waals surface area contributed by atoms with Gasteiger partial charge in [-0.1, -0.05) is 64.8 Å². The summed E-state index contributed by atoms with van der Waals surface area (Å²) in [5.41, 5.74) is 6.97. The molecule has 5 heteroatoms. The van der Waals surface area contributed by atoms with Gasteiger partial charge in [0.2, 0.25) is 12.6 Å². The van der Waals surface area contributed by atoms with Gasteiger partial charge >= 0.3 is 0 Å². The summed E-state index contributed by atoms with van der Waals surface area (Å²) in [5.74, 6) is 2.50. The fraction of sp³-hybridized carbons (Fsp3) is 0.586. The van der Waals surface area contributed by atoms with E-state index in [2.05, 4.69) is 64.1 Å². The average Bonchev–Trinajstić information content (AvgIpc) is 2.81. The van der Waals surface area contributed by atoms with E-state index >= 15 is 0 Å². The first-order chi connectivity index (χ1) is 16.4. The lowest BCUT2D eigenvalue weighted by molar-refractivity contribution is -0.228. The molecule has 2 bridgehead atoms. The summed E-state index contributed by atoms with van der Waals surface area (Å²) < 4.78 is 19.5. The smallest absolute Gasteiger partial charge is 0.233 e. The summed E-state index contributed by atoms with van der Waals surface area (Å²) >= 11 is 0. The van der Waals surface area contributed by atoms with Crippen molar-refractivity contribution >= 4 is 0 Å². The molecule has 0 N–H and O–H groups in total. The van der Waals surface area contributed by atoms with Crippen molar-refractivity contribution in [2.75, 3.05) is 6.54 Å². The van der Waals surface area contributed by atoms with Crippen LogP contribution in [-0.2, 0) is 17.6 Å². The molecule has 5 nitrogen and oxygen atoms in total. The third kappa shape index (κ3) is 5.14. The highest BCUT2D eigenvalue weighted by Gasteiger charge is 2.40. The van der Waals surface area contributed by atoms with Gasteiger partial charge in [-0.05, 0) is 78.3 Å². The third-order valence-corrected chi connectivity index (χ3v) is 6.90. The monoisotopic (exact) mass is 465 g/mol. The Hall–Kier alpha value is -2.40. The molecule has 2 aliphatic heterocycles. The van der Waals surface area contributed by atoms with Crippen LogP contribution in [0.1, 0.15) is 125 Å². The molecule has 0 spiro atoms. The predicted molar refractivity (Wildman–Crippen MR) is 136 cm³/mol. The van der Waals surface area contributed by atoms with Crippen LogP contribution < -0.4 is 9.47 Å². The molecule has 34 heavy (non-hydrogen) atoms. The minimum absolute atomic E-state index is 0.315. The molecule has 0 saturated heterocycles. The van der Waals surface area contributed by atoms with E-state index in [0.717, 1.165) is 48.3 Å². The SMILES string of the molecule is CCCCCc1cc(C(C)C)c2c(c1)C1Oc3c(C(C)C)cc(CCCCN=O)cc3C(O2)O1. The van der Waals surface area contributed by atoms with Crippen molar-refractivity contribution in [3.63, 3.8) is 0 Å². The second-order valence-corrected chi connectivity index (χ2v) is 10.3. The lowest BCUT2D eigenvalue weighted by Crippen LogP contribution is -2.32. The van der Waals surface area contributed by atoms with Crippen molar-refractivity contribution in [2.24, 2.45) is 5.18 Å². The molecule has 0 saturated carbocycles. The van der Waals surface area contributed by atoms with E-state index in [9.17, 15) is 4.91 Å². The highest BCUT2D eigenvalue weighted by Crippen LogP contribution is 2.52. The number of ether oxygens (including phenoxy) is 3. The molecule has 4 rings (SSSR count). The summed E-state index contributed by atoms with van der Waals surface area (Å²) in [6, 6.07) is 8.96. The van der Waals surface area contributed by atoms with Crippen LogP contribution in [0.2, 0.25) is 0 Å². The minimum Gasteiger partial charge on any atom is -0.459 e. The molecular weight excluding hydrogens is 426 g/mol. The summed E-state index contributed by atoms with van der Waals surface area (Å²) in [6.45, 7) is 11.4. The molecule has 2 unspecified atom stereocenters. The number of unbranched alkanes of at least 4 members (excludes halogenated alkanes) is 3. The highest BCUT2D eigenvalue weighted by atomic mass is 16.8. The zero-order chi connectivity index (χ0) is 24.2. The highest BCUT2D eigenvalue weighted by molar-refractivity contribution is 5.53. The van der Waals surface area contributed by atoms with E-state index in [1.54, 1.807) is 0 Å². The first kappa shape index (κ1) is 24.7. The van der Waals surface area contributed by atoms with Crippen molar-refractivity contribution in [1.29, 1.82) is 0 Å². The summed E-state index contributed by atoms with van der Waals surface area (Å²) in [7, 11) is 0. The fourth-order valence-corrected chi connectivity index (χ4v) is 4.99. The topological polar surface area (TPSA) is 57.1 Å². The van der Waals surface area contributed by atoms with Gasteiger partial charge in [-0.15, -0.1) is 0 Å². The van der Waals surface area contributed by atoms with Crippen molar-refractivity contribution < 1.29 is 14.2 Å². The number of benzene rings is 2. The van der Waals surface area contributed by atoms with E-state index in [-0.39, 0.29) is 0 Å². The standard InChI is InChI=1S/C29H39NO4/c1-6-7-8-11-20-14-22(18(2)3)26-24(16-20)28-33-27-23(19(4)5)15-21(12-9-10-13-30-31)17-25(27)29(32-26)34-28/h14-19,28-29H,6-13H2,1-5H3. The minimum atomic E-state index is -0.473. The number of fused-ring (bicyclic) bond motifs is 6. The van der Waals surface area contributed by atoms with Gasteiger partial charge in [0.25, 0.3) is 0 Å². The van der Waals surface area contributed by atoms with Crippen LogP contribution in [0.3, 0.4) is 0 Å². The average molecular weight is 466 g/mol. The molecule has 2 aliphatic rings. The molecule has 0 aromatic heterocycles. The predicted octanol–water partition coefficient (Wildman–Crippen LogP) is 8.25. The molecule has 0 radical (unpaired) electrons. The normalized spacial score (nSPS) is 18.3. The molecule has 2 aromatic carbocycles. The van der Waals surface area contributed by atoms with Gasteiger partial charge in [0.1, 0.15) is 11.5 Å². The van der Waals surface area contributed by atoms with Gasteiger partial charge in [-0.25, -0.2) is 0 Å². The maximum Gasteiger partial charge on any atom is 0.233 e. The van der Waals surface area contributed by atoms with Gasteiger partial charge in [0.05, 0.1) is 17.7 Å². The molecule has 2 heterocycles. The van der Waals surface area contributed by atoms with E-state index < -0.39 is 12.6 Å². The van der Waals surface area contributed by atoms with Crippen molar-refractivity contribution in [2.45, 2.75) is 104 Å². The Bertz CT molecular complexity index is 1010. The number of aryl methyl sites for hydroxylation is 2. The Balaban J connectivity index is 1.69. The van der Waals surface area contributed by atoms with Crippen molar-refractivity contribution in [1.82, 2.24) is 0 Å². The number of nitrogens with zero attached hydrogens (tertiary/aromatic N) is 1. The van der Waals surface area contributed by atoms with E-state index in [1.165, 1.54) is 41.5 Å². The maximum atomic E-state index is 10.4. The van der Waals surface area contributed by atoms with Gasteiger partial charge in [-0.3, -0.25) is 4.74 Å². The van der Waals surface area contributed by atoms with E-state index in [1.807, 2.05) is 0 Å². The van der Waals surface area contributed by atoms with Crippen LogP contribution in [-0.4, -0.2) is 6.54 Å². The van der Waals surface area contributed by atoms with Crippen LogP contribution in [0.25, 0.3) is 0 Å². The van der Waals surface area contributed by atoms with Crippen LogP contribution in [0, 0.1) is 4.91 Å². The molecule has 184 valence electrons. The Morgan fingerprint density at radius 1 is 0.765 bits per heavy atom. The van der Waals surface area contributed by atoms with Gasteiger partial charge in [-0.2, -0.15) is 4.91 Å². The lowest BCUT2D eigenvalue weighted by Gasteiger charge is -2.40. The van der Waals surface area contributed by atoms with Crippen molar-refractivity contribution in [3.8, 4) is 11.5 Å². The lowest BCUT2D eigenvalue weighted by atomic mass is 9.91. The fourth-order valence-electron chi connectivity index (χ4n) is 4.99. The summed E-state index contributed by atoms with van der Waals surface area (Å²) in [6.07, 6.45) is 6.41. The quantitative estimate of drug-likeness (QED) is 0.248. The molecule has 0 amide bonds. The van der Waals surface area contributed by atoms with Gasteiger partial charge < -0.3 is 9.47 Å². The van der Waals surface area contributed by atoms with E-state index in [4.69, 9.17) is 14.2 Å². The first-order valence-electron chi connectivity index (χ1n) is 13.0. The Labute approximate surface area is 204 Å². The van der Waals surface area contributed by atoms with Crippen LogP contribution in [0.15, 0.2) is 29.4 Å². The van der Waals surface area contributed by atoms with E-state index in [0.29, 0.717) is 18.4 Å². The number of nitroso groups, excluding NO2 is 1. The van der Waals surface area contributed by atoms with Gasteiger partial charge in [0.15, 0.2) is 0 Å². The Morgan fingerprint density at radius 3 is 1.71 bits per heavy atom. The second kappa shape index (κ2) is 10.9. The van der Waals surface area contributed by atoms with Crippen LogP contribution in [0.5, 0.6) is 11.5 Å². The molecule has 0 aliphatic carbocycles. The Kier molecular flexibility index (Phi) is 7.92. The molecular formula is C29H39NO4. The molecule has 2 atom stereocenters. The van der Waals surface area contributed by atoms with Crippen LogP contribution in [0.4, 0.5) is 0 Å². The summed E-state index contributed by atoms with van der Waals surface area (Å²) in [5, 5.41) is 2.98. The first-order valence-corrected chi connectivity index (χ1v) is 13.0. The van der Waals surface area contributed by atoms with Crippen LogP contribution >= 0.6 is 0 Å². The third-order valence-electron chi connectivity index (χ3n) is 6.90. The number of rotatable bonds is 11. The second-order valence-electron chi connectivity index (χ2n) is 10.3. The van der Waals surface area contributed by atoms with Crippen molar-refractivity contribution in [3.05, 3.63) is 62.6 Å². The largest absolute Gasteiger partial charge is 0.459 e. The molecule has 0 fully saturated rings. The zero-order valence-electron chi connectivity index (χ0n) is 21.4. The van der Waals surface area contributed by atoms with Gasteiger partial charge in [0, 0.05) is 0 Å². The zero-order valence-corrected chi connectivity index (χ0v) is 21.4. The Morgan fingerprint density at radius 2 is 1.26 bits per heavy atom. The number of hydrogen-bond acceptors (Lipinski definition) is 5.